The fraction of sp³-hybridized carbons (Fsp3) is 0.0312. The molecule has 10 aromatic carbocycles. The van der Waals surface area contributed by atoms with Gasteiger partial charge in [0.15, 0.2) is 0 Å². The molecule has 0 radical (unpaired) electrons. The maximum atomic E-state index is 6.50. The van der Waals surface area contributed by atoms with Crippen molar-refractivity contribution in [2.24, 2.45) is 9.98 Å². The molecule has 1 aliphatic heterocycles. The second-order valence-corrected chi connectivity index (χ2v) is 18.9. The van der Waals surface area contributed by atoms with Crippen molar-refractivity contribution in [3.63, 3.8) is 0 Å². The third-order valence-electron chi connectivity index (χ3n) is 15.4. The molecule has 0 bridgehead atoms. The minimum atomic E-state index is -0.575. The monoisotopic (exact) mass is 893 g/mol. The summed E-state index contributed by atoms with van der Waals surface area (Å²) in [6, 6.07) is 81.4. The van der Waals surface area contributed by atoms with E-state index in [0.29, 0.717) is 11.8 Å². The number of aliphatic imine (C=N–C) groups is 2. The second kappa shape index (κ2) is 13.9. The second-order valence-electron chi connectivity index (χ2n) is 18.9. The quantitative estimate of drug-likeness (QED) is 0.192. The molecule has 1 unspecified atom stereocenters. The Morgan fingerprint density at radius 3 is 1.71 bits per heavy atom. The normalized spacial score (nSPS) is 15.4. The van der Waals surface area contributed by atoms with Gasteiger partial charge in [-0.3, -0.25) is 4.57 Å². The van der Waals surface area contributed by atoms with Crippen LogP contribution >= 0.6 is 0 Å². The third-order valence-corrected chi connectivity index (χ3v) is 15.4. The van der Waals surface area contributed by atoms with E-state index in [2.05, 4.69) is 227 Å². The number of furan rings is 1. The van der Waals surface area contributed by atoms with Crippen LogP contribution in [0.15, 0.2) is 239 Å². The molecule has 0 amide bonds. The van der Waals surface area contributed by atoms with Crippen molar-refractivity contribution in [2.75, 3.05) is 0 Å². The van der Waals surface area contributed by atoms with Gasteiger partial charge in [-0.2, -0.15) is 4.99 Å². The average Bonchev–Trinajstić information content (AvgIpc) is 4.21. The summed E-state index contributed by atoms with van der Waals surface area (Å²) in [5.74, 6) is 1.30. The van der Waals surface area contributed by atoms with Gasteiger partial charge >= 0.3 is 0 Å². The Morgan fingerprint density at radius 1 is 0.386 bits per heavy atom. The number of amidine groups is 1. The van der Waals surface area contributed by atoms with Crippen molar-refractivity contribution in [3.8, 4) is 33.4 Å². The van der Waals surface area contributed by atoms with E-state index >= 15 is 0 Å². The zero-order valence-electron chi connectivity index (χ0n) is 37.6. The summed E-state index contributed by atoms with van der Waals surface area (Å²) in [7, 11) is 0. The van der Waals surface area contributed by atoms with Gasteiger partial charge in [0.25, 0.3) is 0 Å². The molecule has 0 saturated carbocycles. The van der Waals surface area contributed by atoms with Gasteiger partial charge in [-0.05, 0) is 110 Å². The summed E-state index contributed by atoms with van der Waals surface area (Å²) in [4.78, 5) is 11.3. The number of para-hydroxylation sites is 3. The molecule has 3 aliphatic rings. The molecule has 4 heterocycles. The van der Waals surface area contributed by atoms with Crippen molar-refractivity contribution < 1.29 is 4.42 Å². The molecule has 2 aliphatic carbocycles. The smallest absolute Gasteiger partial charge is 0.235 e. The molecule has 13 aromatic rings. The van der Waals surface area contributed by atoms with Crippen molar-refractivity contribution in [2.45, 2.75) is 11.7 Å². The fourth-order valence-electron chi connectivity index (χ4n) is 12.5. The van der Waals surface area contributed by atoms with Crippen LogP contribution in [0.25, 0.3) is 98.9 Å². The van der Waals surface area contributed by atoms with Crippen molar-refractivity contribution in [1.82, 2.24) is 14.5 Å². The predicted molar refractivity (Wildman–Crippen MR) is 286 cm³/mol. The SMILES string of the molecule is c1ccc(-c2ccc3c(c2)c2ccccc2n3C2N=C(n3c4ccccc4c4cc5c(cc43)C3(c4ccccc4-c4ccccc43)c3ccccc3-5)N=C(c3ccc4c(c3)oc3ccccc34)N2)cc1. The number of nitrogens with zero attached hydrogens (tertiary/aromatic N) is 4. The summed E-state index contributed by atoms with van der Waals surface area (Å²) < 4.78 is 11.2. The van der Waals surface area contributed by atoms with Gasteiger partial charge in [0.2, 0.25) is 12.2 Å². The van der Waals surface area contributed by atoms with Crippen LogP contribution in [0.3, 0.4) is 0 Å². The Labute approximate surface area is 401 Å². The molecule has 3 aromatic heterocycles. The zero-order valence-corrected chi connectivity index (χ0v) is 37.6. The average molecular weight is 894 g/mol. The van der Waals surface area contributed by atoms with Crippen LogP contribution in [0.4, 0.5) is 0 Å². The summed E-state index contributed by atoms with van der Waals surface area (Å²) in [6.45, 7) is 0. The van der Waals surface area contributed by atoms with Gasteiger partial charge in [0.1, 0.15) is 17.0 Å². The molecule has 1 atom stereocenters. The topological polar surface area (TPSA) is 59.8 Å². The van der Waals surface area contributed by atoms with Crippen LogP contribution in [0.5, 0.6) is 0 Å². The highest BCUT2D eigenvalue weighted by atomic mass is 16.3. The van der Waals surface area contributed by atoms with Crippen molar-refractivity contribution in [3.05, 3.63) is 252 Å². The van der Waals surface area contributed by atoms with Crippen molar-refractivity contribution >= 4 is 77.3 Å². The first kappa shape index (κ1) is 37.8. The number of rotatable bonds is 3. The van der Waals surface area contributed by atoms with Crippen LogP contribution in [-0.2, 0) is 5.41 Å². The number of benzene rings is 10. The predicted octanol–water partition coefficient (Wildman–Crippen LogP) is 15.2. The fourth-order valence-corrected chi connectivity index (χ4v) is 12.5. The van der Waals surface area contributed by atoms with Gasteiger partial charge in [-0.1, -0.05) is 170 Å². The molecule has 326 valence electrons. The lowest BCUT2D eigenvalue weighted by molar-refractivity contribution is 0.513. The van der Waals surface area contributed by atoms with Crippen molar-refractivity contribution in [1.29, 1.82) is 0 Å². The Bertz CT molecular complexity index is 4420. The van der Waals surface area contributed by atoms with Crippen LogP contribution in [0.1, 0.15) is 34.1 Å². The molecule has 16 rings (SSSR count). The minimum absolute atomic E-state index is 0.509. The third kappa shape index (κ3) is 4.96. The summed E-state index contributed by atoms with van der Waals surface area (Å²) in [5, 5.41) is 10.7. The summed E-state index contributed by atoms with van der Waals surface area (Å²) in [6.07, 6.45) is -0.575. The zero-order chi connectivity index (χ0) is 45.7. The maximum Gasteiger partial charge on any atom is 0.235 e. The molecule has 1 N–H and O–H groups in total. The van der Waals surface area contributed by atoms with E-state index in [1.165, 1.54) is 55.6 Å². The van der Waals surface area contributed by atoms with Crippen LogP contribution in [0.2, 0.25) is 0 Å². The first-order chi connectivity index (χ1) is 34.7. The van der Waals surface area contributed by atoms with E-state index in [1.807, 2.05) is 12.1 Å². The van der Waals surface area contributed by atoms with E-state index in [9.17, 15) is 0 Å². The van der Waals surface area contributed by atoms with E-state index in [4.69, 9.17) is 14.4 Å². The molecule has 6 nitrogen and oxygen atoms in total. The minimum Gasteiger partial charge on any atom is -0.456 e. The number of fused-ring (bicyclic) bond motifs is 19. The number of hydrogen-bond donors (Lipinski definition) is 1. The van der Waals surface area contributed by atoms with Crippen LogP contribution in [-0.4, -0.2) is 20.9 Å². The molecule has 1 spiro atoms. The van der Waals surface area contributed by atoms with Gasteiger partial charge in [0.05, 0.1) is 27.5 Å². The summed E-state index contributed by atoms with van der Waals surface area (Å²) >= 11 is 0. The van der Waals surface area contributed by atoms with E-state index in [0.717, 1.165) is 71.1 Å². The van der Waals surface area contributed by atoms with E-state index in [-0.39, 0.29) is 0 Å². The maximum absolute atomic E-state index is 6.50. The van der Waals surface area contributed by atoms with Gasteiger partial charge in [-0.25, -0.2) is 4.99 Å². The van der Waals surface area contributed by atoms with Gasteiger partial charge in [0, 0.05) is 37.9 Å². The highest BCUT2D eigenvalue weighted by Crippen LogP contribution is 2.63. The Morgan fingerprint density at radius 2 is 0.957 bits per heavy atom. The Balaban J connectivity index is 0.977. The summed E-state index contributed by atoms with van der Waals surface area (Å²) in [5.41, 5.74) is 19.0. The molecular weight excluding hydrogens is 855 g/mol. The molecule has 70 heavy (non-hydrogen) atoms. The van der Waals surface area contributed by atoms with E-state index < -0.39 is 11.7 Å². The molecular formula is C64H39N5O. The molecule has 6 heteroatoms. The number of aromatic nitrogens is 2. The number of nitrogens with one attached hydrogen (secondary N) is 1. The lowest BCUT2D eigenvalue weighted by Crippen LogP contribution is -2.37. The lowest BCUT2D eigenvalue weighted by Gasteiger charge is -2.30. The largest absolute Gasteiger partial charge is 0.456 e. The highest BCUT2D eigenvalue weighted by Gasteiger charge is 2.51. The Hall–Kier alpha value is -9.26. The van der Waals surface area contributed by atoms with Crippen LogP contribution in [0, 0.1) is 0 Å². The number of hydrogen-bond acceptors (Lipinski definition) is 4. The van der Waals surface area contributed by atoms with Crippen LogP contribution < -0.4 is 5.32 Å². The lowest BCUT2D eigenvalue weighted by atomic mass is 9.70. The van der Waals surface area contributed by atoms with E-state index in [1.54, 1.807) is 0 Å². The molecule has 0 fully saturated rings. The standard InChI is InChI=1S/C64H39N5O/c1-2-16-38(17-3-1)39-31-33-57-49(34-39)44-21-7-13-27-55(44)68(57)62-65-61(40-30-32-47-46-23-9-15-29-59(46)70-60(47)35-40)66-63(67-62)69-56-28-14-8-22-45(56)50-36-48-43-20-6-12-26-53(43)64(54(48)37-58(50)69)51-24-10-4-18-41(51)42-19-5-11-25-52(42)64/h1-37,62H,(H,65,66,67). The first-order valence-electron chi connectivity index (χ1n) is 24.0. The first-order valence-corrected chi connectivity index (χ1v) is 24.0. The highest BCUT2D eigenvalue weighted by molar-refractivity contribution is 6.19. The Kier molecular flexibility index (Phi) is 7.51. The molecule has 0 saturated heterocycles. The van der Waals surface area contributed by atoms with Gasteiger partial charge in [-0.15, -0.1) is 0 Å². The van der Waals surface area contributed by atoms with Gasteiger partial charge < -0.3 is 14.3 Å².